The number of anilines is 1. The molecule has 0 saturated carbocycles. The highest BCUT2D eigenvalue weighted by Gasteiger charge is 2.15. The molecule has 1 N–H and O–H groups in total. The van der Waals surface area contributed by atoms with Gasteiger partial charge in [-0.05, 0) is 23.0 Å². The average Bonchev–Trinajstić information content (AvgIpc) is 2.28. The first-order valence-electron chi connectivity index (χ1n) is 6.39. The zero-order chi connectivity index (χ0) is 13.7. The van der Waals surface area contributed by atoms with Crippen molar-refractivity contribution in [2.45, 2.75) is 39.5 Å². The van der Waals surface area contributed by atoms with Gasteiger partial charge in [0.05, 0.1) is 0 Å². The summed E-state index contributed by atoms with van der Waals surface area (Å²) in [6, 6.07) is 6.19. The molecule has 0 unspecified atom stereocenters. The summed E-state index contributed by atoms with van der Waals surface area (Å²) in [4.78, 5) is 11.7. The molecule has 0 aliphatic rings. The van der Waals surface area contributed by atoms with E-state index in [-0.39, 0.29) is 12.5 Å². The Morgan fingerprint density at radius 1 is 1.17 bits per heavy atom. The van der Waals surface area contributed by atoms with Crippen LogP contribution in [0.4, 0.5) is 5.69 Å². The fourth-order valence-electron chi connectivity index (χ4n) is 2.00. The smallest absolute Gasteiger partial charge is 0.250 e. The minimum atomic E-state index is -0.104. The van der Waals surface area contributed by atoms with E-state index in [9.17, 15) is 4.79 Å². The fraction of sp³-hybridized carbons (Fsp3) is 0.533. The number of carbonyl (C=O) groups is 1. The van der Waals surface area contributed by atoms with E-state index in [0.29, 0.717) is 11.8 Å². The third-order valence-electron chi connectivity index (χ3n) is 2.91. The minimum absolute atomic E-state index is 0.0873. The minimum Gasteiger partial charge on any atom is -0.375 e. The van der Waals surface area contributed by atoms with Gasteiger partial charge < -0.3 is 10.1 Å². The van der Waals surface area contributed by atoms with Crippen LogP contribution in [0.25, 0.3) is 0 Å². The number of para-hydroxylation sites is 1. The molecule has 0 aliphatic carbocycles. The Labute approximate surface area is 110 Å². The predicted molar refractivity (Wildman–Crippen MR) is 75.1 cm³/mol. The third kappa shape index (κ3) is 3.57. The number of methoxy groups -OCH3 is 1. The van der Waals surface area contributed by atoms with Crippen molar-refractivity contribution < 1.29 is 9.53 Å². The maximum absolute atomic E-state index is 11.7. The van der Waals surface area contributed by atoms with Crippen LogP contribution in [-0.4, -0.2) is 19.6 Å². The Morgan fingerprint density at radius 3 is 2.06 bits per heavy atom. The van der Waals surface area contributed by atoms with Gasteiger partial charge in [-0.3, -0.25) is 4.79 Å². The summed E-state index contributed by atoms with van der Waals surface area (Å²) in [7, 11) is 1.53. The summed E-state index contributed by atoms with van der Waals surface area (Å²) in [6.45, 7) is 8.61. The SMILES string of the molecule is COCC(=O)Nc1c(C(C)C)cccc1C(C)C. The first kappa shape index (κ1) is 14.7. The quantitative estimate of drug-likeness (QED) is 0.867. The van der Waals surface area contributed by atoms with E-state index in [0.717, 1.165) is 5.69 Å². The molecule has 3 nitrogen and oxygen atoms in total. The van der Waals surface area contributed by atoms with Crippen molar-refractivity contribution in [2.75, 3.05) is 19.0 Å². The van der Waals surface area contributed by atoms with E-state index < -0.39 is 0 Å². The second kappa shape index (κ2) is 6.55. The van der Waals surface area contributed by atoms with E-state index in [1.54, 1.807) is 0 Å². The van der Waals surface area contributed by atoms with Gasteiger partial charge in [0, 0.05) is 12.8 Å². The largest absolute Gasteiger partial charge is 0.375 e. The fourth-order valence-corrected chi connectivity index (χ4v) is 2.00. The lowest BCUT2D eigenvalue weighted by molar-refractivity contribution is -0.119. The number of benzene rings is 1. The second-order valence-corrected chi connectivity index (χ2v) is 5.10. The van der Waals surface area contributed by atoms with Crippen molar-refractivity contribution in [3.8, 4) is 0 Å². The van der Waals surface area contributed by atoms with E-state index in [1.807, 2.05) is 0 Å². The van der Waals surface area contributed by atoms with Crippen molar-refractivity contribution in [3.05, 3.63) is 29.3 Å². The first-order chi connectivity index (χ1) is 8.47. The summed E-state index contributed by atoms with van der Waals surface area (Å²) in [5.74, 6) is 0.649. The van der Waals surface area contributed by atoms with Crippen LogP contribution in [0, 0.1) is 0 Å². The number of carbonyl (C=O) groups excluding carboxylic acids is 1. The molecular formula is C15H23NO2. The molecule has 1 amide bonds. The lowest BCUT2D eigenvalue weighted by atomic mass is 9.92. The van der Waals surface area contributed by atoms with Crippen LogP contribution in [0.3, 0.4) is 0 Å². The van der Waals surface area contributed by atoms with Gasteiger partial charge in [-0.2, -0.15) is 0 Å². The molecule has 0 bridgehead atoms. The standard InChI is InChI=1S/C15H23NO2/c1-10(2)12-7-6-8-13(11(3)4)15(12)16-14(17)9-18-5/h6-8,10-11H,9H2,1-5H3,(H,16,17). The monoisotopic (exact) mass is 249 g/mol. The van der Waals surface area contributed by atoms with Crippen molar-refractivity contribution in [1.82, 2.24) is 0 Å². The molecule has 0 aliphatic heterocycles. The van der Waals surface area contributed by atoms with Crippen LogP contribution in [0.5, 0.6) is 0 Å². The number of ether oxygens (including phenoxy) is 1. The van der Waals surface area contributed by atoms with Crippen molar-refractivity contribution >= 4 is 11.6 Å². The molecule has 0 fully saturated rings. The van der Waals surface area contributed by atoms with Crippen molar-refractivity contribution in [2.24, 2.45) is 0 Å². The van der Waals surface area contributed by atoms with Crippen molar-refractivity contribution in [1.29, 1.82) is 0 Å². The topological polar surface area (TPSA) is 38.3 Å². The molecule has 18 heavy (non-hydrogen) atoms. The molecule has 0 saturated heterocycles. The number of nitrogens with one attached hydrogen (secondary N) is 1. The number of hydrogen-bond donors (Lipinski definition) is 1. The molecule has 1 aromatic carbocycles. The van der Waals surface area contributed by atoms with E-state index in [1.165, 1.54) is 18.2 Å². The molecule has 0 aromatic heterocycles. The van der Waals surface area contributed by atoms with Gasteiger partial charge in [-0.15, -0.1) is 0 Å². The van der Waals surface area contributed by atoms with Crippen LogP contribution in [0.2, 0.25) is 0 Å². The van der Waals surface area contributed by atoms with Crippen LogP contribution < -0.4 is 5.32 Å². The molecular weight excluding hydrogens is 226 g/mol. The van der Waals surface area contributed by atoms with Crippen LogP contribution >= 0.6 is 0 Å². The molecule has 3 heteroatoms. The van der Waals surface area contributed by atoms with Gasteiger partial charge >= 0.3 is 0 Å². The molecule has 0 heterocycles. The average molecular weight is 249 g/mol. The van der Waals surface area contributed by atoms with Gasteiger partial charge in [0.15, 0.2) is 0 Å². The number of hydrogen-bond acceptors (Lipinski definition) is 2. The lowest BCUT2D eigenvalue weighted by Gasteiger charge is -2.20. The Balaban J connectivity index is 3.14. The Kier molecular flexibility index (Phi) is 5.35. The molecule has 0 radical (unpaired) electrons. The molecule has 0 spiro atoms. The van der Waals surface area contributed by atoms with Gasteiger partial charge in [0.1, 0.15) is 6.61 Å². The highest BCUT2D eigenvalue weighted by molar-refractivity contribution is 5.93. The number of rotatable bonds is 5. The number of amides is 1. The van der Waals surface area contributed by atoms with E-state index in [2.05, 4.69) is 51.2 Å². The van der Waals surface area contributed by atoms with Gasteiger partial charge in [-0.25, -0.2) is 0 Å². The Bertz CT molecular complexity index is 385. The van der Waals surface area contributed by atoms with Crippen LogP contribution in [-0.2, 0) is 9.53 Å². The summed E-state index contributed by atoms with van der Waals surface area (Å²) in [5, 5.41) is 2.98. The van der Waals surface area contributed by atoms with Crippen LogP contribution in [0.15, 0.2) is 18.2 Å². The van der Waals surface area contributed by atoms with Gasteiger partial charge in [0.2, 0.25) is 5.91 Å². The van der Waals surface area contributed by atoms with Crippen LogP contribution in [0.1, 0.15) is 50.7 Å². The molecule has 0 atom stereocenters. The Morgan fingerprint density at radius 2 is 1.67 bits per heavy atom. The maximum Gasteiger partial charge on any atom is 0.250 e. The Hall–Kier alpha value is -1.35. The summed E-state index contributed by atoms with van der Waals surface area (Å²) < 4.78 is 4.86. The van der Waals surface area contributed by atoms with E-state index >= 15 is 0 Å². The third-order valence-corrected chi connectivity index (χ3v) is 2.91. The maximum atomic E-state index is 11.7. The molecule has 1 rings (SSSR count). The van der Waals surface area contributed by atoms with Gasteiger partial charge in [-0.1, -0.05) is 45.9 Å². The predicted octanol–water partition coefficient (Wildman–Crippen LogP) is 3.52. The zero-order valence-corrected chi connectivity index (χ0v) is 11.9. The first-order valence-corrected chi connectivity index (χ1v) is 6.39. The lowest BCUT2D eigenvalue weighted by Crippen LogP contribution is -2.19. The summed E-state index contributed by atoms with van der Waals surface area (Å²) in [6.07, 6.45) is 0. The summed E-state index contributed by atoms with van der Waals surface area (Å²) >= 11 is 0. The normalized spacial score (nSPS) is 11.1. The zero-order valence-electron chi connectivity index (χ0n) is 11.9. The molecule has 100 valence electrons. The molecule has 1 aromatic rings. The van der Waals surface area contributed by atoms with Crippen molar-refractivity contribution in [3.63, 3.8) is 0 Å². The van der Waals surface area contributed by atoms with E-state index in [4.69, 9.17) is 4.74 Å². The summed E-state index contributed by atoms with van der Waals surface area (Å²) in [5.41, 5.74) is 3.29. The highest BCUT2D eigenvalue weighted by atomic mass is 16.5. The van der Waals surface area contributed by atoms with Gasteiger partial charge in [0.25, 0.3) is 0 Å². The second-order valence-electron chi connectivity index (χ2n) is 5.10. The highest BCUT2D eigenvalue weighted by Crippen LogP contribution is 2.32.